The van der Waals surface area contributed by atoms with Gasteiger partial charge in [0.15, 0.2) is 5.82 Å². The van der Waals surface area contributed by atoms with Crippen LogP contribution in [-0.4, -0.2) is 34.2 Å². The van der Waals surface area contributed by atoms with E-state index in [9.17, 15) is 0 Å². The van der Waals surface area contributed by atoms with Crippen LogP contribution in [0.1, 0.15) is 38.0 Å². The Bertz CT molecular complexity index is 569. The number of anilines is 1. The van der Waals surface area contributed by atoms with Crippen molar-refractivity contribution in [2.45, 2.75) is 38.8 Å². The molecule has 0 radical (unpaired) electrons. The third kappa shape index (κ3) is 3.24. The molecule has 0 unspecified atom stereocenters. The number of benzene rings is 1. The van der Waals surface area contributed by atoms with E-state index in [0.717, 1.165) is 37.6 Å². The van der Waals surface area contributed by atoms with E-state index in [1.807, 2.05) is 13.0 Å². The number of likely N-dealkylation sites (tertiary alicyclic amines) is 1. The predicted octanol–water partition coefficient (Wildman–Crippen LogP) is 2.88. The second-order valence-corrected chi connectivity index (χ2v) is 5.57. The Labute approximate surface area is 125 Å². The molecule has 2 heterocycles. The van der Waals surface area contributed by atoms with Crippen LogP contribution in [0.3, 0.4) is 0 Å². The Morgan fingerprint density at radius 3 is 2.90 bits per heavy atom. The molecule has 2 atom stereocenters. The lowest BCUT2D eigenvalue weighted by molar-refractivity contribution is 0.208. The molecule has 0 saturated carbocycles. The van der Waals surface area contributed by atoms with Crippen LogP contribution in [0, 0.1) is 0 Å². The molecule has 21 heavy (non-hydrogen) atoms. The standard InChI is InChI=1S/C16H22N4O/c1-3-15-18-16(21-19-15)12(2)20-10-9-14(11-20)17-13-7-5-4-6-8-13/h4-8,12,14,17H,3,9-11H2,1-2H3/t12-,14-/m1/s1. The van der Waals surface area contributed by atoms with Crippen LogP contribution in [0.25, 0.3) is 0 Å². The van der Waals surface area contributed by atoms with Gasteiger partial charge in [0.2, 0.25) is 5.89 Å². The quantitative estimate of drug-likeness (QED) is 0.916. The summed E-state index contributed by atoms with van der Waals surface area (Å²) in [7, 11) is 0. The largest absolute Gasteiger partial charge is 0.381 e. The zero-order valence-corrected chi connectivity index (χ0v) is 12.6. The van der Waals surface area contributed by atoms with Crippen LogP contribution in [-0.2, 0) is 6.42 Å². The highest BCUT2D eigenvalue weighted by atomic mass is 16.5. The van der Waals surface area contributed by atoms with Gasteiger partial charge in [-0.05, 0) is 25.5 Å². The van der Waals surface area contributed by atoms with Gasteiger partial charge in [0.25, 0.3) is 0 Å². The molecule has 1 N–H and O–H groups in total. The minimum atomic E-state index is 0.181. The van der Waals surface area contributed by atoms with Crippen LogP contribution in [0.15, 0.2) is 34.9 Å². The highest BCUT2D eigenvalue weighted by Gasteiger charge is 2.29. The molecule has 1 aromatic carbocycles. The van der Waals surface area contributed by atoms with E-state index >= 15 is 0 Å². The maximum absolute atomic E-state index is 5.36. The fraction of sp³-hybridized carbons (Fsp3) is 0.500. The number of para-hydroxylation sites is 1. The number of rotatable bonds is 5. The van der Waals surface area contributed by atoms with Crippen LogP contribution in [0.2, 0.25) is 0 Å². The number of aryl methyl sites for hydroxylation is 1. The lowest BCUT2D eigenvalue weighted by Gasteiger charge is -2.21. The van der Waals surface area contributed by atoms with E-state index in [1.165, 1.54) is 5.69 Å². The van der Waals surface area contributed by atoms with Gasteiger partial charge in [-0.1, -0.05) is 30.3 Å². The Morgan fingerprint density at radius 1 is 1.38 bits per heavy atom. The maximum Gasteiger partial charge on any atom is 0.243 e. The van der Waals surface area contributed by atoms with Gasteiger partial charge in [0, 0.05) is 31.2 Å². The zero-order chi connectivity index (χ0) is 14.7. The number of nitrogens with one attached hydrogen (secondary N) is 1. The van der Waals surface area contributed by atoms with Gasteiger partial charge in [-0.25, -0.2) is 0 Å². The minimum absolute atomic E-state index is 0.181. The fourth-order valence-electron chi connectivity index (χ4n) is 2.76. The summed E-state index contributed by atoms with van der Waals surface area (Å²) in [5.74, 6) is 1.52. The van der Waals surface area contributed by atoms with E-state index in [1.54, 1.807) is 0 Å². The molecule has 0 aliphatic carbocycles. The fourth-order valence-corrected chi connectivity index (χ4v) is 2.76. The Balaban J connectivity index is 1.58. The highest BCUT2D eigenvalue weighted by Crippen LogP contribution is 2.25. The van der Waals surface area contributed by atoms with Gasteiger partial charge in [-0.3, -0.25) is 4.90 Å². The normalized spacial score (nSPS) is 20.6. The lowest BCUT2D eigenvalue weighted by Crippen LogP contribution is -2.28. The molecule has 1 saturated heterocycles. The average Bonchev–Trinajstić information content (AvgIpc) is 3.16. The third-order valence-electron chi connectivity index (χ3n) is 4.07. The van der Waals surface area contributed by atoms with E-state index in [0.29, 0.717) is 6.04 Å². The van der Waals surface area contributed by atoms with Gasteiger partial charge in [-0.2, -0.15) is 4.98 Å². The first-order chi connectivity index (χ1) is 10.3. The van der Waals surface area contributed by atoms with E-state index < -0.39 is 0 Å². The van der Waals surface area contributed by atoms with Gasteiger partial charge in [-0.15, -0.1) is 0 Å². The molecule has 1 aliphatic heterocycles. The number of hydrogen-bond acceptors (Lipinski definition) is 5. The summed E-state index contributed by atoms with van der Waals surface area (Å²) < 4.78 is 5.36. The van der Waals surface area contributed by atoms with Crippen LogP contribution in [0.4, 0.5) is 5.69 Å². The van der Waals surface area contributed by atoms with Crippen molar-refractivity contribution in [1.82, 2.24) is 15.0 Å². The van der Waals surface area contributed by atoms with Crippen molar-refractivity contribution < 1.29 is 4.52 Å². The minimum Gasteiger partial charge on any atom is -0.381 e. The van der Waals surface area contributed by atoms with Crippen LogP contribution < -0.4 is 5.32 Å². The van der Waals surface area contributed by atoms with E-state index in [-0.39, 0.29) is 6.04 Å². The molecule has 1 fully saturated rings. The van der Waals surface area contributed by atoms with Gasteiger partial charge in [0.1, 0.15) is 0 Å². The number of hydrogen-bond donors (Lipinski definition) is 1. The first-order valence-corrected chi connectivity index (χ1v) is 7.64. The predicted molar refractivity (Wildman–Crippen MR) is 82.1 cm³/mol. The van der Waals surface area contributed by atoms with Crippen LogP contribution in [0.5, 0.6) is 0 Å². The summed E-state index contributed by atoms with van der Waals surface area (Å²) in [6, 6.07) is 11.0. The molecule has 2 aromatic rings. The number of aromatic nitrogens is 2. The summed E-state index contributed by atoms with van der Waals surface area (Å²) in [5.41, 5.74) is 1.18. The Morgan fingerprint density at radius 2 is 2.19 bits per heavy atom. The van der Waals surface area contributed by atoms with Crippen molar-refractivity contribution in [1.29, 1.82) is 0 Å². The van der Waals surface area contributed by atoms with Crippen molar-refractivity contribution in [3.63, 3.8) is 0 Å². The second kappa shape index (κ2) is 6.26. The van der Waals surface area contributed by atoms with Gasteiger partial charge in [0.05, 0.1) is 6.04 Å². The zero-order valence-electron chi connectivity index (χ0n) is 12.6. The molecule has 1 aromatic heterocycles. The SMILES string of the molecule is CCc1noc([C@@H](C)N2CC[C@@H](Nc3ccccc3)C2)n1. The molecule has 1 aliphatic rings. The summed E-state index contributed by atoms with van der Waals surface area (Å²) >= 11 is 0. The van der Waals surface area contributed by atoms with Gasteiger partial charge < -0.3 is 9.84 Å². The maximum atomic E-state index is 5.36. The van der Waals surface area contributed by atoms with Crippen molar-refractivity contribution in [2.75, 3.05) is 18.4 Å². The average molecular weight is 286 g/mol. The summed E-state index contributed by atoms with van der Waals surface area (Å²) in [5, 5.41) is 7.57. The first kappa shape index (κ1) is 14.1. The second-order valence-electron chi connectivity index (χ2n) is 5.57. The van der Waals surface area contributed by atoms with Gasteiger partial charge >= 0.3 is 0 Å². The topological polar surface area (TPSA) is 54.2 Å². The smallest absolute Gasteiger partial charge is 0.243 e. The Hall–Kier alpha value is -1.88. The molecule has 0 bridgehead atoms. The highest BCUT2D eigenvalue weighted by molar-refractivity contribution is 5.43. The third-order valence-corrected chi connectivity index (χ3v) is 4.07. The van der Waals surface area contributed by atoms with Crippen molar-refractivity contribution in [3.8, 4) is 0 Å². The monoisotopic (exact) mass is 286 g/mol. The van der Waals surface area contributed by atoms with E-state index in [4.69, 9.17) is 4.52 Å². The molecule has 0 amide bonds. The number of nitrogens with zero attached hydrogens (tertiary/aromatic N) is 3. The molecule has 5 nitrogen and oxygen atoms in total. The van der Waals surface area contributed by atoms with Crippen molar-refractivity contribution in [3.05, 3.63) is 42.0 Å². The first-order valence-electron chi connectivity index (χ1n) is 7.64. The van der Waals surface area contributed by atoms with E-state index in [2.05, 4.69) is 51.5 Å². The Kier molecular flexibility index (Phi) is 4.20. The molecule has 3 rings (SSSR count). The summed E-state index contributed by atoms with van der Waals surface area (Å²) in [6.45, 7) is 6.22. The molecular formula is C16H22N4O. The summed E-state index contributed by atoms with van der Waals surface area (Å²) in [4.78, 5) is 6.84. The van der Waals surface area contributed by atoms with Crippen LogP contribution >= 0.6 is 0 Å². The summed E-state index contributed by atoms with van der Waals surface area (Å²) in [6.07, 6.45) is 1.95. The van der Waals surface area contributed by atoms with Crippen molar-refractivity contribution >= 4 is 5.69 Å². The van der Waals surface area contributed by atoms with Crippen molar-refractivity contribution in [2.24, 2.45) is 0 Å². The molecule has 112 valence electrons. The molecular weight excluding hydrogens is 264 g/mol. The lowest BCUT2D eigenvalue weighted by atomic mass is 10.2. The molecule has 0 spiro atoms. The molecule has 5 heteroatoms.